The van der Waals surface area contributed by atoms with Gasteiger partial charge in [-0.05, 0) is 29.9 Å². The summed E-state index contributed by atoms with van der Waals surface area (Å²) < 4.78 is 0. The van der Waals surface area contributed by atoms with Crippen LogP contribution in [0.3, 0.4) is 0 Å². The number of carbonyl (C=O) groups is 1. The average Bonchev–Trinajstić information content (AvgIpc) is 2.32. The zero-order valence-corrected chi connectivity index (χ0v) is 13.4. The van der Waals surface area contributed by atoms with Gasteiger partial charge in [-0.1, -0.05) is 32.4 Å². The largest absolute Gasteiger partial charge is 0.327 e. The summed E-state index contributed by atoms with van der Waals surface area (Å²) in [5, 5.41) is 3.55. The van der Waals surface area contributed by atoms with Crippen LogP contribution < -0.4 is 5.32 Å². The third-order valence-corrected chi connectivity index (χ3v) is 3.66. The van der Waals surface area contributed by atoms with Crippen molar-refractivity contribution in [2.45, 2.75) is 25.7 Å². The molecule has 0 aliphatic carbocycles. The van der Waals surface area contributed by atoms with Gasteiger partial charge in [-0.3, -0.25) is 0 Å². The highest BCUT2D eigenvalue weighted by Gasteiger charge is 2.12. The van der Waals surface area contributed by atoms with E-state index in [1.165, 1.54) is 0 Å². The summed E-state index contributed by atoms with van der Waals surface area (Å²) in [6.07, 6.45) is 0. The Morgan fingerprint density at radius 1 is 1.47 bits per heavy atom. The molecule has 1 N–H and O–H groups in total. The first-order valence-electron chi connectivity index (χ1n) is 6.38. The van der Waals surface area contributed by atoms with Crippen LogP contribution in [0.5, 0.6) is 0 Å². The third kappa shape index (κ3) is 5.33. The molecule has 0 aliphatic rings. The molecule has 2 amide bonds. The number of hydrogen-bond acceptors (Lipinski definition) is 2. The number of amides is 2. The van der Waals surface area contributed by atoms with Crippen molar-refractivity contribution < 1.29 is 4.79 Å². The van der Waals surface area contributed by atoms with Gasteiger partial charge < -0.3 is 10.2 Å². The number of anilines is 1. The van der Waals surface area contributed by atoms with Gasteiger partial charge in [0.1, 0.15) is 0 Å². The Bertz CT molecular complexity index is 437. The Kier molecular flexibility index (Phi) is 6.52. The summed E-state index contributed by atoms with van der Waals surface area (Å²) in [4.78, 5) is 14.8. The fourth-order valence-electron chi connectivity index (χ4n) is 1.72. The lowest BCUT2D eigenvalue weighted by Crippen LogP contribution is -2.34. The molecule has 5 heteroatoms. The van der Waals surface area contributed by atoms with E-state index in [9.17, 15) is 4.79 Å². The molecule has 0 bridgehead atoms. The van der Waals surface area contributed by atoms with E-state index < -0.39 is 0 Å². The Balaban J connectivity index is 2.80. The molecule has 0 saturated heterocycles. The van der Waals surface area contributed by atoms with Gasteiger partial charge in [0, 0.05) is 23.5 Å². The van der Waals surface area contributed by atoms with E-state index in [1.807, 2.05) is 12.1 Å². The van der Waals surface area contributed by atoms with Crippen LogP contribution in [0.15, 0.2) is 23.1 Å². The van der Waals surface area contributed by atoms with Gasteiger partial charge in [0.25, 0.3) is 0 Å². The molecule has 0 aromatic heterocycles. The predicted molar refractivity (Wildman–Crippen MR) is 84.3 cm³/mol. The van der Waals surface area contributed by atoms with Crippen molar-refractivity contribution in [2.24, 2.45) is 5.92 Å². The van der Waals surface area contributed by atoms with E-state index in [0.717, 1.165) is 22.9 Å². The molecule has 19 heavy (non-hydrogen) atoms. The maximum absolute atomic E-state index is 12.1. The van der Waals surface area contributed by atoms with Crippen molar-refractivity contribution in [3.63, 3.8) is 0 Å². The fraction of sp³-hybridized carbons (Fsp3) is 0.500. The van der Waals surface area contributed by atoms with Crippen molar-refractivity contribution in [2.75, 3.05) is 24.7 Å². The summed E-state index contributed by atoms with van der Waals surface area (Å²) >= 11 is 7.68. The number of hydrogen-bond donors (Lipinski definition) is 1. The molecule has 0 fully saturated rings. The van der Waals surface area contributed by atoms with Crippen LogP contribution in [0.1, 0.15) is 20.8 Å². The maximum atomic E-state index is 12.1. The number of benzene rings is 1. The SMILES string of the molecule is CCSc1ccc(Cl)cc1NC(=O)N(C)CC(C)C. The topological polar surface area (TPSA) is 32.3 Å². The van der Waals surface area contributed by atoms with Crippen molar-refractivity contribution >= 4 is 35.1 Å². The molecule has 0 atom stereocenters. The van der Waals surface area contributed by atoms with E-state index in [0.29, 0.717) is 10.9 Å². The Morgan fingerprint density at radius 2 is 2.16 bits per heavy atom. The number of urea groups is 1. The molecule has 106 valence electrons. The molecule has 1 rings (SSSR count). The molecule has 0 radical (unpaired) electrons. The minimum Gasteiger partial charge on any atom is -0.327 e. The fourth-order valence-corrected chi connectivity index (χ4v) is 2.64. The van der Waals surface area contributed by atoms with Crippen LogP contribution >= 0.6 is 23.4 Å². The van der Waals surface area contributed by atoms with Crippen molar-refractivity contribution in [3.05, 3.63) is 23.2 Å². The third-order valence-electron chi connectivity index (χ3n) is 2.47. The minimum absolute atomic E-state index is 0.103. The number of nitrogens with one attached hydrogen (secondary N) is 1. The molecular formula is C14H21ClN2OS. The smallest absolute Gasteiger partial charge is 0.321 e. The second kappa shape index (κ2) is 7.65. The minimum atomic E-state index is -0.103. The summed E-state index contributed by atoms with van der Waals surface area (Å²) in [5.41, 5.74) is 0.778. The molecular weight excluding hydrogens is 280 g/mol. The molecule has 1 aromatic rings. The van der Waals surface area contributed by atoms with E-state index in [4.69, 9.17) is 11.6 Å². The molecule has 0 aliphatic heterocycles. The number of carbonyl (C=O) groups excluding carboxylic acids is 1. The summed E-state index contributed by atoms with van der Waals surface area (Å²) in [6, 6.07) is 5.47. The molecule has 0 unspecified atom stereocenters. The highest BCUT2D eigenvalue weighted by atomic mass is 35.5. The van der Waals surface area contributed by atoms with Crippen LogP contribution in [0.25, 0.3) is 0 Å². The van der Waals surface area contributed by atoms with Crippen LogP contribution in [-0.4, -0.2) is 30.3 Å². The zero-order valence-electron chi connectivity index (χ0n) is 11.9. The first kappa shape index (κ1) is 16.2. The van der Waals surface area contributed by atoms with Gasteiger partial charge in [-0.2, -0.15) is 0 Å². The van der Waals surface area contributed by atoms with Crippen LogP contribution in [-0.2, 0) is 0 Å². The van der Waals surface area contributed by atoms with Gasteiger partial charge in [0.2, 0.25) is 0 Å². The molecule has 1 aromatic carbocycles. The van der Waals surface area contributed by atoms with Gasteiger partial charge in [0.15, 0.2) is 0 Å². The normalized spacial score (nSPS) is 10.6. The Morgan fingerprint density at radius 3 is 2.74 bits per heavy atom. The first-order valence-corrected chi connectivity index (χ1v) is 7.74. The Labute approximate surface area is 124 Å². The second-order valence-electron chi connectivity index (χ2n) is 4.78. The number of thioether (sulfide) groups is 1. The molecule has 0 saturated carbocycles. The second-order valence-corrected chi connectivity index (χ2v) is 6.52. The number of nitrogens with zero attached hydrogens (tertiary/aromatic N) is 1. The highest BCUT2D eigenvalue weighted by molar-refractivity contribution is 7.99. The quantitative estimate of drug-likeness (QED) is 0.808. The van der Waals surface area contributed by atoms with Crippen molar-refractivity contribution in [1.29, 1.82) is 0 Å². The lowest BCUT2D eigenvalue weighted by atomic mass is 10.2. The summed E-state index contributed by atoms with van der Waals surface area (Å²) in [5.74, 6) is 1.39. The number of halogens is 1. The monoisotopic (exact) mass is 300 g/mol. The van der Waals surface area contributed by atoms with Gasteiger partial charge in [-0.15, -0.1) is 11.8 Å². The average molecular weight is 301 g/mol. The van der Waals surface area contributed by atoms with E-state index in [2.05, 4.69) is 26.1 Å². The van der Waals surface area contributed by atoms with Crippen LogP contribution in [0, 0.1) is 5.92 Å². The van der Waals surface area contributed by atoms with Crippen molar-refractivity contribution in [3.8, 4) is 0 Å². The molecule has 0 heterocycles. The summed E-state index contributed by atoms with van der Waals surface area (Å²) in [6.45, 7) is 6.97. The first-order chi connectivity index (χ1) is 8.93. The van der Waals surface area contributed by atoms with Gasteiger partial charge >= 0.3 is 6.03 Å². The lowest BCUT2D eigenvalue weighted by molar-refractivity contribution is 0.217. The van der Waals surface area contributed by atoms with Gasteiger partial charge in [-0.25, -0.2) is 4.79 Å². The highest BCUT2D eigenvalue weighted by Crippen LogP contribution is 2.30. The molecule has 3 nitrogen and oxygen atoms in total. The number of rotatable bonds is 5. The lowest BCUT2D eigenvalue weighted by Gasteiger charge is -2.21. The van der Waals surface area contributed by atoms with Crippen LogP contribution in [0.4, 0.5) is 10.5 Å². The molecule has 0 spiro atoms. The van der Waals surface area contributed by atoms with E-state index in [-0.39, 0.29) is 6.03 Å². The van der Waals surface area contributed by atoms with E-state index in [1.54, 1.807) is 29.8 Å². The van der Waals surface area contributed by atoms with Crippen LogP contribution in [0.2, 0.25) is 5.02 Å². The van der Waals surface area contributed by atoms with E-state index >= 15 is 0 Å². The van der Waals surface area contributed by atoms with Crippen molar-refractivity contribution in [1.82, 2.24) is 4.90 Å². The maximum Gasteiger partial charge on any atom is 0.321 e. The zero-order chi connectivity index (χ0) is 14.4. The van der Waals surface area contributed by atoms with Gasteiger partial charge in [0.05, 0.1) is 5.69 Å². The standard InChI is InChI=1S/C14H21ClN2OS/c1-5-19-13-7-6-11(15)8-12(13)16-14(18)17(4)9-10(2)3/h6-8,10H,5,9H2,1-4H3,(H,16,18). The predicted octanol–water partition coefficient (Wildman–Crippen LogP) is 4.57. The Hall–Kier alpha value is -0.870. The summed E-state index contributed by atoms with van der Waals surface area (Å²) in [7, 11) is 1.80.